The van der Waals surface area contributed by atoms with Gasteiger partial charge < -0.3 is 15.0 Å². The molecule has 0 aromatic carbocycles. The van der Waals surface area contributed by atoms with Crippen molar-refractivity contribution in [3.05, 3.63) is 0 Å². The smallest absolute Gasteiger partial charge is 0.410 e. The molecule has 1 N–H and O–H groups in total. The van der Waals surface area contributed by atoms with E-state index in [2.05, 4.69) is 19.2 Å². The number of likely N-dealkylation sites (tertiary alicyclic amines) is 1. The number of hydrogen-bond acceptors (Lipinski definition) is 3. The van der Waals surface area contributed by atoms with Crippen LogP contribution in [0.5, 0.6) is 0 Å². The summed E-state index contributed by atoms with van der Waals surface area (Å²) < 4.78 is 5.50. The first-order valence-corrected chi connectivity index (χ1v) is 8.54. The third kappa shape index (κ3) is 4.87. The Hall–Kier alpha value is -0.770. The molecular formula is C17H32N2O2. The molecule has 0 bridgehead atoms. The van der Waals surface area contributed by atoms with E-state index in [0.717, 1.165) is 25.4 Å². The maximum absolute atomic E-state index is 12.2. The van der Waals surface area contributed by atoms with Gasteiger partial charge in [0.15, 0.2) is 0 Å². The Morgan fingerprint density at radius 2 is 2.14 bits per heavy atom. The summed E-state index contributed by atoms with van der Waals surface area (Å²) >= 11 is 0. The molecule has 0 aromatic rings. The van der Waals surface area contributed by atoms with Crippen LogP contribution in [0, 0.1) is 11.8 Å². The number of rotatable bonds is 4. The molecule has 1 heterocycles. The van der Waals surface area contributed by atoms with E-state index in [0.29, 0.717) is 18.0 Å². The number of nitrogens with one attached hydrogen (secondary N) is 1. The highest BCUT2D eigenvalue weighted by Gasteiger charge is 2.38. The molecule has 2 aliphatic rings. The minimum Gasteiger partial charge on any atom is -0.444 e. The molecule has 2 fully saturated rings. The Labute approximate surface area is 129 Å². The van der Waals surface area contributed by atoms with Crippen molar-refractivity contribution >= 4 is 6.09 Å². The Balaban J connectivity index is 1.81. The Kier molecular flexibility index (Phi) is 5.18. The fraction of sp³-hybridized carbons (Fsp3) is 0.941. The first-order chi connectivity index (χ1) is 9.80. The second-order valence-electron chi connectivity index (χ2n) is 7.79. The van der Waals surface area contributed by atoms with Crippen LogP contribution in [-0.2, 0) is 4.74 Å². The monoisotopic (exact) mass is 296 g/mol. The van der Waals surface area contributed by atoms with Crippen molar-refractivity contribution in [2.24, 2.45) is 11.8 Å². The van der Waals surface area contributed by atoms with Crippen molar-refractivity contribution in [3.8, 4) is 0 Å². The van der Waals surface area contributed by atoms with Gasteiger partial charge in [-0.1, -0.05) is 13.3 Å². The molecule has 0 spiro atoms. The highest BCUT2D eigenvalue weighted by molar-refractivity contribution is 5.68. The Morgan fingerprint density at radius 3 is 2.71 bits per heavy atom. The number of carbonyl (C=O) groups is 1. The van der Waals surface area contributed by atoms with E-state index in [1.807, 2.05) is 25.7 Å². The van der Waals surface area contributed by atoms with E-state index in [9.17, 15) is 4.79 Å². The average molecular weight is 296 g/mol. The van der Waals surface area contributed by atoms with Crippen LogP contribution in [0.3, 0.4) is 0 Å². The van der Waals surface area contributed by atoms with Crippen LogP contribution in [-0.4, -0.2) is 41.8 Å². The molecule has 1 saturated heterocycles. The van der Waals surface area contributed by atoms with Gasteiger partial charge >= 0.3 is 6.09 Å². The molecule has 0 aromatic heterocycles. The van der Waals surface area contributed by atoms with Gasteiger partial charge in [-0.05, 0) is 58.8 Å². The van der Waals surface area contributed by atoms with Crippen molar-refractivity contribution in [3.63, 3.8) is 0 Å². The number of hydrogen-bond donors (Lipinski definition) is 1. The third-order valence-corrected chi connectivity index (χ3v) is 4.74. The van der Waals surface area contributed by atoms with Gasteiger partial charge in [-0.3, -0.25) is 0 Å². The molecule has 4 nitrogen and oxygen atoms in total. The van der Waals surface area contributed by atoms with Gasteiger partial charge in [-0.2, -0.15) is 0 Å². The topological polar surface area (TPSA) is 41.6 Å². The molecule has 1 amide bonds. The van der Waals surface area contributed by atoms with Gasteiger partial charge in [0.2, 0.25) is 0 Å². The molecule has 4 atom stereocenters. The number of amides is 1. The number of carbonyl (C=O) groups excluding carboxylic acids is 1. The Morgan fingerprint density at radius 1 is 1.43 bits per heavy atom. The summed E-state index contributed by atoms with van der Waals surface area (Å²) in [4.78, 5) is 14.1. The number of nitrogens with zero attached hydrogens (tertiary/aromatic N) is 1. The van der Waals surface area contributed by atoms with E-state index in [1.54, 1.807) is 0 Å². The zero-order chi connectivity index (χ0) is 15.6. The van der Waals surface area contributed by atoms with Crippen LogP contribution < -0.4 is 5.32 Å². The second kappa shape index (κ2) is 6.55. The van der Waals surface area contributed by atoms with Crippen LogP contribution in [0.4, 0.5) is 4.79 Å². The van der Waals surface area contributed by atoms with Crippen molar-refractivity contribution in [1.82, 2.24) is 10.2 Å². The largest absolute Gasteiger partial charge is 0.444 e. The SMILES string of the molecule is CCC1CC1NC(C)C1CCCN(C(=O)OC(C)(C)C)C1. The molecule has 2 rings (SSSR count). The van der Waals surface area contributed by atoms with Crippen molar-refractivity contribution in [2.75, 3.05) is 13.1 Å². The summed E-state index contributed by atoms with van der Waals surface area (Å²) in [5, 5.41) is 3.75. The Bertz CT molecular complexity index is 364. The van der Waals surface area contributed by atoms with Crippen LogP contribution >= 0.6 is 0 Å². The second-order valence-corrected chi connectivity index (χ2v) is 7.79. The van der Waals surface area contributed by atoms with Crippen molar-refractivity contribution in [1.29, 1.82) is 0 Å². The molecule has 122 valence electrons. The molecular weight excluding hydrogens is 264 g/mol. The minimum atomic E-state index is -0.406. The molecule has 21 heavy (non-hydrogen) atoms. The lowest BCUT2D eigenvalue weighted by Crippen LogP contribution is -2.48. The molecule has 1 aliphatic carbocycles. The lowest BCUT2D eigenvalue weighted by Gasteiger charge is -2.37. The lowest BCUT2D eigenvalue weighted by molar-refractivity contribution is 0.0148. The van der Waals surface area contributed by atoms with E-state index in [1.165, 1.54) is 19.3 Å². The highest BCUT2D eigenvalue weighted by atomic mass is 16.6. The summed E-state index contributed by atoms with van der Waals surface area (Å²) in [6.45, 7) is 12.0. The number of ether oxygens (including phenoxy) is 1. The zero-order valence-corrected chi connectivity index (χ0v) is 14.3. The fourth-order valence-electron chi connectivity index (χ4n) is 3.29. The molecule has 0 radical (unpaired) electrons. The summed E-state index contributed by atoms with van der Waals surface area (Å²) in [6, 6.07) is 1.19. The van der Waals surface area contributed by atoms with E-state index in [4.69, 9.17) is 4.74 Å². The van der Waals surface area contributed by atoms with Crippen LogP contribution in [0.2, 0.25) is 0 Å². The highest BCUT2D eigenvalue weighted by Crippen LogP contribution is 2.34. The van der Waals surface area contributed by atoms with Crippen LogP contribution in [0.1, 0.15) is 60.3 Å². The minimum absolute atomic E-state index is 0.155. The summed E-state index contributed by atoms with van der Waals surface area (Å²) in [5.41, 5.74) is -0.406. The maximum atomic E-state index is 12.2. The van der Waals surface area contributed by atoms with Gasteiger partial charge in [0.25, 0.3) is 0 Å². The van der Waals surface area contributed by atoms with Gasteiger partial charge in [0.05, 0.1) is 0 Å². The quantitative estimate of drug-likeness (QED) is 0.864. The molecule has 4 unspecified atom stereocenters. The number of piperidine rings is 1. The molecule has 1 aliphatic heterocycles. The predicted molar refractivity (Wildman–Crippen MR) is 85.3 cm³/mol. The van der Waals surface area contributed by atoms with Gasteiger partial charge in [-0.25, -0.2) is 4.79 Å². The van der Waals surface area contributed by atoms with Crippen LogP contribution in [0.25, 0.3) is 0 Å². The summed E-state index contributed by atoms with van der Waals surface area (Å²) in [7, 11) is 0. The van der Waals surface area contributed by atoms with E-state index in [-0.39, 0.29) is 6.09 Å². The first-order valence-electron chi connectivity index (χ1n) is 8.54. The zero-order valence-electron chi connectivity index (χ0n) is 14.3. The molecule has 1 saturated carbocycles. The van der Waals surface area contributed by atoms with Gasteiger partial charge in [0, 0.05) is 25.2 Å². The van der Waals surface area contributed by atoms with E-state index >= 15 is 0 Å². The standard InChI is InChI=1S/C17H32N2O2/c1-6-13-10-15(13)18-12(2)14-8-7-9-19(11-14)16(20)21-17(3,4)5/h12-15,18H,6-11H2,1-5H3. The van der Waals surface area contributed by atoms with Crippen molar-refractivity contribution in [2.45, 2.75) is 78.0 Å². The fourth-order valence-corrected chi connectivity index (χ4v) is 3.29. The first kappa shape index (κ1) is 16.6. The van der Waals surface area contributed by atoms with Gasteiger partial charge in [-0.15, -0.1) is 0 Å². The summed E-state index contributed by atoms with van der Waals surface area (Å²) in [6.07, 6.45) is 4.73. The third-order valence-electron chi connectivity index (χ3n) is 4.74. The van der Waals surface area contributed by atoms with E-state index < -0.39 is 5.60 Å². The molecule has 4 heteroatoms. The van der Waals surface area contributed by atoms with Gasteiger partial charge in [0.1, 0.15) is 5.60 Å². The average Bonchev–Trinajstić information content (AvgIpc) is 3.15. The van der Waals surface area contributed by atoms with Crippen molar-refractivity contribution < 1.29 is 9.53 Å². The maximum Gasteiger partial charge on any atom is 0.410 e. The normalized spacial score (nSPS) is 30.9. The lowest BCUT2D eigenvalue weighted by atomic mass is 9.91. The summed E-state index contributed by atoms with van der Waals surface area (Å²) in [5.74, 6) is 1.42. The predicted octanol–water partition coefficient (Wildman–Crippen LogP) is 3.41. The van der Waals surface area contributed by atoms with Crippen LogP contribution in [0.15, 0.2) is 0 Å².